The van der Waals surface area contributed by atoms with Crippen LogP contribution >= 0.6 is 0 Å². The minimum Gasteiger partial charge on any atom is -0.478 e. The van der Waals surface area contributed by atoms with Crippen LogP contribution in [-0.4, -0.2) is 41.5 Å². The molecule has 0 aliphatic heterocycles. The molecule has 0 rings (SSSR count). The largest absolute Gasteiger partial charge is 0.478 e. The van der Waals surface area contributed by atoms with Gasteiger partial charge in [-0.1, -0.05) is 13.8 Å². The number of carbonyl (C=O) groups excluding carboxylic acids is 1. The standard InChI is InChI=1S/C11H20N2O3/c1-4-13(5-2)7-6-10(11(15)16)8-12-9(3)14/h8H,4-7H2,1-3H3,(H,12,14)(H,15,16). The lowest BCUT2D eigenvalue weighted by Gasteiger charge is -2.17. The average Bonchev–Trinajstić information content (AvgIpc) is 2.22. The number of hydrogen-bond acceptors (Lipinski definition) is 3. The topological polar surface area (TPSA) is 69.6 Å². The summed E-state index contributed by atoms with van der Waals surface area (Å²) in [6, 6.07) is 0. The maximum Gasteiger partial charge on any atom is 0.333 e. The Morgan fingerprint density at radius 1 is 1.31 bits per heavy atom. The number of aliphatic carboxylic acids is 1. The molecule has 0 atom stereocenters. The summed E-state index contributed by atoms with van der Waals surface area (Å²) in [6.45, 7) is 7.88. The second-order valence-electron chi connectivity index (χ2n) is 3.45. The number of carboxylic acids is 1. The summed E-state index contributed by atoms with van der Waals surface area (Å²) in [6.07, 6.45) is 1.70. The minimum absolute atomic E-state index is 0.224. The number of nitrogens with one attached hydrogen (secondary N) is 1. The number of rotatable bonds is 7. The average molecular weight is 228 g/mol. The van der Waals surface area contributed by atoms with Crippen molar-refractivity contribution in [1.29, 1.82) is 0 Å². The van der Waals surface area contributed by atoms with Gasteiger partial charge in [-0.15, -0.1) is 0 Å². The number of nitrogens with zero attached hydrogens (tertiary/aromatic N) is 1. The van der Waals surface area contributed by atoms with Crippen LogP contribution in [0, 0.1) is 0 Å². The van der Waals surface area contributed by atoms with Gasteiger partial charge in [0.15, 0.2) is 0 Å². The van der Waals surface area contributed by atoms with E-state index >= 15 is 0 Å². The molecule has 0 aliphatic rings. The van der Waals surface area contributed by atoms with Gasteiger partial charge in [0.2, 0.25) is 5.91 Å². The molecule has 0 aromatic rings. The van der Waals surface area contributed by atoms with Crippen molar-refractivity contribution in [2.24, 2.45) is 0 Å². The van der Waals surface area contributed by atoms with Crippen LogP contribution < -0.4 is 5.32 Å². The van der Waals surface area contributed by atoms with Gasteiger partial charge < -0.3 is 15.3 Å². The van der Waals surface area contributed by atoms with Gasteiger partial charge in [0.25, 0.3) is 0 Å². The van der Waals surface area contributed by atoms with Crippen LogP contribution in [0.3, 0.4) is 0 Å². The summed E-state index contributed by atoms with van der Waals surface area (Å²) >= 11 is 0. The Morgan fingerprint density at radius 3 is 2.25 bits per heavy atom. The summed E-state index contributed by atoms with van der Waals surface area (Å²) in [4.78, 5) is 23.7. The van der Waals surface area contributed by atoms with Crippen LogP contribution in [0.25, 0.3) is 0 Å². The molecular formula is C11H20N2O3. The van der Waals surface area contributed by atoms with Crippen molar-refractivity contribution in [2.45, 2.75) is 27.2 Å². The summed E-state index contributed by atoms with van der Waals surface area (Å²) in [5.41, 5.74) is 0.224. The van der Waals surface area contributed by atoms with Gasteiger partial charge in [0, 0.05) is 19.7 Å². The third-order valence-corrected chi connectivity index (χ3v) is 2.32. The van der Waals surface area contributed by atoms with Gasteiger partial charge >= 0.3 is 5.97 Å². The predicted octanol–water partition coefficient (Wildman–Crippen LogP) is 0.823. The molecule has 0 unspecified atom stereocenters. The Morgan fingerprint density at radius 2 is 1.88 bits per heavy atom. The lowest BCUT2D eigenvalue weighted by Crippen LogP contribution is -2.25. The first kappa shape index (κ1) is 14.6. The molecule has 0 aromatic heterocycles. The highest BCUT2D eigenvalue weighted by Crippen LogP contribution is 2.02. The molecule has 0 spiro atoms. The van der Waals surface area contributed by atoms with Crippen molar-refractivity contribution in [2.75, 3.05) is 19.6 Å². The van der Waals surface area contributed by atoms with Gasteiger partial charge in [0.05, 0.1) is 5.57 Å². The maximum absolute atomic E-state index is 10.9. The van der Waals surface area contributed by atoms with E-state index in [4.69, 9.17) is 5.11 Å². The van der Waals surface area contributed by atoms with Gasteiger partial charge in [-0.25, -0.2) is 4.79 Å². The Hall–Kier alpha value is -1.36. The fraction of sp³-hybridized carbons (Fsp3) is 0.636. The zero-order chi connectivity index (χ0) is 12.6. The molecule has 0 fully saturated rings. The Balaban J connectivity index is 4.29. The molecule has 0 aliphatic carbocycles. The van der Waals surface area contributed by atoms with E-state index in [0.29, 0.717) is 13.0 Å². The monoisotopic (exact) mass is 228 g/mol. The fourth-order valence-corrected chi connectivity index (χ4v) is 1.25. The van der Waals surface area contributed by atoms with Gasteiger partial charge in [0.1, 0.15) is 0 Å². The van der Waals surface area contributed by atoms with Crippen LogP contribution in [0.4, 0.5) is 0 Å². The van der Waals surface area contributed by atoms with Crippen LogP contribution in [0.2, 0.25) is 0 Å². The third-order valence-electron chi connectivity index (χ3n) is 2.32. The molecule has 0 radical (unpaired) electrons. The van der Waals surface area contributed by atoms with Crippen molar-refractivity contribution >= 4 is 11.9 Å². The highest BCUT2D eigenvalue weighted by molar-refractivity contribution is 5.87. The molecule has 0 saturated heterocycles. The first-order valence-electron chi connectivity index (χ1n) is 5.43. The van der Waals surface area contributed by atoms with E-state index in [1.807, 2.05) is 13.8 Å². The minimum atomic E-state index is -0.985. The van der Waals surface area contributed by atoms with Crippen molar-refractivity contribution < 1.29 is 14.7 Å². The smallest absolute Gasteiger partial charge is 0.333 e. The Bertz CT molecular complexity index is 270. The third kappa shape index (κ3) is 6.19. The number of hydrogen-bond donors (Lipinski definition) is 2. The van der Waals surface area contributed by atoms with Crippen LogP contribution in [0.15, 0.2) is 11.8 Å². The molecule has 5 heteroatoms. The van der Waals surface area contributed by atoms with Crippen LogP contribution in [-0.2, 0) is 9.59 Å². The molecule has 5 nitrogen and oxygen atoms in total. The predicted molar refractivity (Wildman–Crippen MR) is 61.9 cm³/mol. The van der Waals surface area contributed by atoms with E-state index in [0.717, 1.165) is 13.1 Å². The van der Waals surface area contributed by atoms with Gasteiger partial charge in [-0.2, -0.15) is 0 Å². The highest BCUT2D eigenvalue weighted by atomic mass is 16.4. The SMILES string of the molecule is CCN(CC)CCC(=CNC(C)=O)C(=O)O. The maximum atomic E-state index is 10.9. The summed E-state index contributed by atoms with van der Waals surface area (Å²) in [5.74, 6) is -1.25. The molecule has 1 amide bonds. The van der Waals surface area contributed by atoms with E-state index in [1.54, 1.807) is 0 Å². The van der Waals surface area contributed by atoms with E-state index in [-0.39, 0.29) is 11.5 Å². The van der Waals surface area contributed by atoms with Crippen molar-refractivity contribution in [3.63, 3.8) is 0 Å². The van der Waals surface area contributed by atoms with Crippen LogP contribution in [0.5, 0.6) is 0 Å². The summed E-state index contributed by atoms with van der Waals surface area (Å²) in [5, 5.41) is 11.3. The molecule has 0 aromatic carbocycles. The summed E-state index contributed by atoms with van der Waals surface area (Å²) in [7, 11) is 0. The quantitative estimate of drug-likeness (QED) is 0.633. The van der Waals surface area contributed by atoms with E-state index < -0.39 is 5.97 Å². The lowest BCUT2D eigenvalue weighted by atomic mass is 10.2. The normalized spacial score (nSPS) is 11.6. The Labute approximate surface area is 96.1 Å². The zero-order valence-electron chi connectivity index (χ0n) is 10.1. The van der Waals surface area contributed by atoms with Crippen LogP contribution in [0.1, 0.15) is 27.2 Å². The second-order valence-corrected chi connectivity index (χ2v) is 3.45. The molecule has 92 valence electrons. The molecule has 0 bridgehead atoms. The first-order chi connectivity index (χ1) is 7.51. The zero-order valence-corrected chi connectivity index (χ0v) is 10.1. The number of carbonyl (C=O) groups is 2. The fourth-order valence-electron chi connectivity index (χ4n) is 1.25. The molecule has 0 saturated carbocycles. The first-order valence-corrected chi connectivity index (χ1v) is 5.43. The highest BCUT2D eigenvalue weighted by Gasteiger charge is 2.09. The van der Waals surface area contributed by atoms with Crippen molar-refractivity contribution in [3.05, 3.63) is 11.8 Å². The number of amides is 1. The van der Waals surface area contributed by atoms with E-state index in [1.165, 1.54) is 13.1 Å². The molecule has 0 heterocycles. The molecule has 16 heavy (non-hydrogen) atoms. The Kier molecular flexibility index (Phi) is 7.20. The molecular weight excluding hydrogens is 208 g/mol. The van der Waals surface area contributed by atoms with E-state index in [2.05, 4.69) is 10.2 Å². The van der Waals surface area contributed by atoms with Crippen molar-refractivity contribution in [1.82, 2.24) is 10.2 Å². The lowest BCUT2D eigenvalue weighted by molar-refractivity contribution is -0.132. The second kappa shape index (κ2) is 7.87. The molecule has 2 N–H and O–H groups in total. The number of carboxylic acid groups (broad SMARTS) is 1. The van der Waals surface area contributed by atoms with Gasteiger partial charge in [-0.05, 0) is 19.5 Å². The van der Waals surface area contributed by atoms with Crippen molar-refractivity contribution in [3.8, 4) is 0 Å². The van der Waals surface area contributed by atoms with Gasteiger partial charge in [-0.3, -0.25) is 4.79 Å². The van der Waals surface area contributed by atoms with E-state index in [9.17, 15) is 9.59 Å². The summed E-state index contributed by atoms with van der Waals surface area (Å²) < 4.78 is 0.